The van der Waals surface area contributed by atoms with Gasteiger partial charge in [-0.25, -0.2) is 5.57 Å². The molecule has 0 atom stereocenters. The van der Waals surface area contributed by atoms with Gasteiger partial charge in [-0.15, -0.1) is 0 Å². The standard InChI is InChI=1S/C24H20B.C18H31N2Si2.2C5H10.Zr/c1-5-13-21(14-6-1)25(22-15-7-2-8-16-22,23-17-9-3-10-18-23)24-19-11-4-12-20-24;1-13(11-21(5,6)7)17-15(3)20-18(16(4)19-17)14(2)12-22(8,9)10;2*1-2-4-5-3-1;/h1-20H;11H,1-10H3;2*1-5H2;/q2*-1;;;+2/b;13-11+;;;. The molecule has 0 saturated heterocycles. The zero-order valence-corrected chi connectivity index (χ0v) is 42.1. The number of nitrogens with zero attached hydrogens (tertiary/aromatic N) is 2. The molecule has 1 aromatic heterocycles. The maximum Gasteiger partial charge on any atom is 2.00 e. The molecule has 304 valence electrons. The maximum atomic E-state index is 4.85. The van der Waals surface area contributed by atoms with Gasteiger partial charge in [-0.1, -0.05) is 243 Å². The molecule has 0 spiro atoms. The molecule has 0 unspecified atom stereocenters. The number of hydrogen-bond donors (Lipinski definition) is 0. The molecule has 6 heteroatoms. The van der Waals surface area contributed by atoms with Crippen LogP contribution in [0.15, 0.2) is 127 Å². The summed E-state index contributed by atoms with van der Waals surface area (Å²) in [5.41, 5.74) is 17.9. The summed E-state index contributed by atoms with van der Waals surface area (Å²) in [4.78, 5) is 9.70. The number of aromatic nitrogens is 2. The van der Waals surface area contributed by atoms with Crippen molar-refractivity contribution in [3.8, 4) is 0 Å². The van der Waals surface area contributed by atoms with Crippen LogP contribution in [0.5, 0.6) is 0 Å². The predicted octanol–water partition coefficient (Wildman–Crippen LogP) is 12.4. The Bertz CT molecular complexity index is 1730. The Kier molecular flexibility index (Phi) is 20.5. The van der Waals surface area contributed by atoms with Crippen LogP contribution in [-0.2, 0) is 26.2 Å². The van der Waals surface area contributed by atoms with Crippen LogP contribution in [0.4, 0.5) is 0 Å². The molecule has 0 bridgehead atoms. The minimum atomic E-state index is -1.37. The molecule has 0 amide bonds. The molecule has 2 saturated carbocycles. The Morgan fingerprint density at radius 1 is 0.483 bits per heavy atom. The van der Waals surface area contributed by atoms with Gasteiger partial charge in [-0.2, -0.15) is 21.9 Å². The van der Waals surface area contributed by atoms with Crippen LogP contribution >= 0.6 is 0 Å². The normalized spacial score (nSPS) is 14.4. The van der Waals surface area contributed by atoms with Gasteiger partial charge < -0.3 is 4.98 Å². The van der Waals surface area contributed by atoms with Gasteiger partial charge in [0, 0.05) is 5.69 Å². The molecule has 0 aliphatic heterocycles. The van der Waals surface area contributed by atoms with E-state index in [9.17, 15) is 0 Å². The molecule has 4 aromatic carbocycles. The molecule has 0 radical (unpaired) electrons. The number of hydrogen-bond acceptors (Lipinski definition) is 2. The van der Waals surface area contributed by atoms with Crippen molar-refractivity contribution in [1.29, 1.82) is 0 Å². The first-order valence-electron chi connectivity index (χ1n) is 21.8. The van der Waals surface area contributed by atoms with Gasteiger partial charge in [-0.3, -0.25) is 10.7 Å². The predicted molar refractivity (Wildman–Crippen MR) is 260 cm³/mol. The Hall–Kier alpha value is -3.18. The summed E-state index contributed by atoms with van der Waals surface area (Å²) in [6, 6.07) is 43.5. The molecule has 0 N–H and O–H groups in total. The van der Waals surface area contributed by atoms with Gasteiger partial charge >= 0.3 is 26.2 Å². The van der Waals surface area contributed by atoms with E-state index >= 15 is 0 Å². The third kappa shape index (κ3) is 15.1. The Labute approximate surface area is 375 Å². The van der Waals surface area contributed by atoms with Crippen LogP contribution in [0, 0.1) is 19.5 Å². The van der Waals surface area contributed by atoms with Crippen molar-refractivity contribution >= 4 is 55.3 Å². The van der Waals surface area contributed by atoms with Crippen LogP contribution in [0.3, 0.4) is 0 Å². The van der Waals surface area contributed by atoms with E-state index in [4.69, 9.17) is 9.97 Å². The molecule has 1 heterocycles. The Balaban J connectivity index is 0.000000247. The first kappa shape index (κ1) is 49.2. The SMILES string of the molecule is C1CCCC1.C1CCCC1.CC(=[C-][Si](C)(C)C)c1nc(C)c(/C(C)=C/[Si](C)(C)C)nc1C.[Zr+2].c1ccc([B-](c2ccccc2)(c2ccccc2)c2ccccc2)cc1. The summed E-state index contributed by atoms with van der Waals surface area (Å²) >= 11 is 0. The molecular formula is C52H71BN2Si2Zr. The molecule has 2 fully saturated rings. The first-order chi connectivity index (χ1) is 27.2. The fraction of sp³-hybridized carbons (Fsp3) is 0.385. The molecule has 2 nitrogen and oxygen atoms in total. The van der Waals surface area contributed by atoms with Crippen LogP contribution in [0.25, 0.3) is 11.1 Å². The summed E-state index contributed by atoms with van der Waals surface area (Å²) < 4.78 is 0. The molecule has 2 aliphatic rings. The van der Waals surface area contributed by atoms with E-state index < -0.39 is 22.3 Å². The molecular weight excluding hydrogens is 811 g/mol. The van der Waals surface area contributed by atoms with Crippen molar-refractivity contribution in [2.75, 3.05) is 0 Å². The summed E-state index contributed by atoms with van der Waals surface area (Å²) in [6.07, 6.45) is 13.8. The van der Waals surface area contributed by atoms with Crippen LogP contribution < -0.4 is 21.9 Å². The van der Waals surface area contributed by atoms with Crippen molar-refractivity contribution in [3.63, 3.8) is 0 Å². The third-order valence-corrected chi connectivity index (χ3v) is 13.3. The number of rotatable bonds is 8. The van der Waals surface area contributed by atoms with Crippen molar-refractivity contribution in [3.05, 3.63) is 156 Å². The quantitative estimate of drug-likeness (QED) is 0.115. The van der Waals surface area contributed by atoms with E-state index in [1.165, 1.54) is 91.6 Å². The maximum absolute atomic E-state index is 4.85. The number of allylic oxidation sites excluding steroid dienone is 2. The topological polar surface area (TPSA) is 25.8 Å². The molecule has 58 heavy (non-hydrogen) atoms. The van der Waals surface area contributed by atoms with Gasteiger partial charge in [0.15, 0.2) is 0 Å². The van der Waals surface area contributed by atoms with E-state index in [1.54, 1.807) is 0 Å². The molecule has 2 aliphatic carbocycles. The largest absolute Gasteiger partial charge is 2.00 e. The fourth-order valence-corrected chi connectivity index (χ4v) is 11.2. The Morgan fingerprint density at radius 2 is 0.759 bits per heavy atom. The van der Waals surface area contributed by atoms with E-state index in [2.05, 4.69) is 200 Å². The summed E-state index contributed by atoms with van der Waals surface area (Å²) in [5, 5.41) is 0. The number of benzene rings is 4. The third-order valence-electron chi connectivity index (χ3n) is 10.9. The van der Waals surface area contributed by atoms with Gasteiger partial charge in [0.05, 0.1) is 13.8 Å². The monoisotopic (exact) mass is 880 g/mol. The summed E-state index contributed by atoms with van der Waals surface area (Å²) in [5.74, 6) is 0. The van der Waals surface area contributed by atoms with Crippen LogP contribution in [0.1, 0.15) is 101 Å². The number of aryl methyl sites for hydroxylation is 2. The van der Waals surface area contributed by atoms with Crippen LogP contribution in [-0.4, -0.2) is 32.3 Å². The average molecular weight is 882 g/mol. The molecule has 7 rings (SSSR count). The summed E-state index contributed by atoms with van der Waals surface area (Å²) in [6.45, 7) is 22.3. The van der Waals surface area contributed by atoms with E-state index in [1.807, 2.05) is 0 Å². The van der Waals surface area contributed by atoms with Crippen molar-refractivity contribution < 1.29 is 26.2 Å². The smallest absolute Gasteiger partial charge is 0.344 e. The minimum Gasteiger partial charge on any atom is -0.344 e. The first-order valence-corrected chi connectivity index (χ1v) is 28.8. The van der Waals surface area contributed by atoms with Crippen molar-refractivity contribution in [1.82, 2.24) is 9.97 Å². The minimum absolute atomic E-state index is 0. The van der Waals surface area contributed by atoms with Crippen molar-refractivity contribution in [2.24, 2.45) is 0 Å². The van der Waals surface area contributed by atoms with Crippen LogP contribution in [0.2, 0.25) is 39.3 Å². The van der Waals surface area contributed by atoms with E-state index in [0.717, 1.165) is 28.3 Å². The van der Waals surface area contributed by atoms with Gasteiger partial charge in [-0.05, 0) is 40.1 Å². The zero-order chi connectivity index (χ0) is 41.3. The van der Waals surface area contributed by atoms with Gasteiger partial charge in [0.1, 0.15) is 6.15 Å². The molecule has 5 aromatic rings. The van der Waals surface area contributed by atoms with E-state index in [0.29, 0.717) is 0 Å². The second-order valence-corrected chi connectivity index (χ2v) is 28.1. The van der Waals surface area contributed by atoms with E-state index in [-0.39, 0.29) is 26.2 Å². The zero-order valence-electron chi connectivity index (χ0n) is 37.7. The average Bonchev–Trinajstić information content (AvgIpc) is 3.98. The van der Waals surface area contributed by atoms with Crippen molar-refractivity contribution in [2.45, 2.75) is 131 Å². The van der Waals surface area contributed by atoms with Gasteiger partial charge in [0.2, 0.25) is 0 Å². The second kappa shape index (κ2) is 24.2. The fourth-order valence-electron chi connectivity index (χ4n) is 8.56. The summed E-state index contributed by atoms with van der Waals surface area (Å²) in [7, 11) is -2.62. The second-order valence-electron chi connectivity index (χ2n) is 18.3. The van der Waals surface area contributed by atoms with Gasteiger partial charge in [0.25, 0.3) is 0 Å². The Morgan fingerprint density at radius 3 is 1.03 bits per heavy atom.